The summed E-state index contributed by atoms with van der Waals surface area (Å²) in [6, 6.07) is 1.23. The number of carbonyl (C=O) groups is 1. The molecule has 0 saturated carbocycles. The molecule has 392 valence electrons. The molecule has 1 fully saturated rings. The van der Waals surface area contributed by atoms with Crippen LogP contribution in [0.25, 0.3) is 0 Å². The summed E-state index contributed by atoms with van der Waals surface area (Å²) in [5.41, 5.74) is -1.16. The highest BCUT2D eigenvalue weighted by atomic mass is 31.2. The first-order valence-electron chi connectivity index (χ1n) is 28.5. The van der Waals surface area contributed by atoms with Crippen LogP contribution >= 0.6 is 7.82 Å². The van der Waals surface area contributed by atoms with Gasteiger partial charge in [-0.2, -0.15) is 0 Å². The highest BCUT2D eigenvalue weighted by molar-refractivity contribution is 7.48. The minimum absolute atomic E-state index is 0.157. The number of nitrogens with one attached hydrogen (secondary N) is 1. The number of aromatic nitrogens is 2. The molecule has 0 bridgehead atoms. The first-order chi connectivity index (χ1) is 32.8. The molecule has 0 aromatic carbocycles. The summed E-state index contributed by atoms with van der Waals surface area (Å²) in [4.78, 5) is 38.4. The largest absolute Gasteiger partial charge is 0.474 e. The normalized spacial score (nSPS) is 16.3. The average molecular weight is 967 g/mol. The third kappa shape index (κ3) is 34.2. The van der Waals surface area contributed by atoms with E-state index in [0.717, 1.165) is 38.5 Å². The maximum absolute atomic E-state index is 14.0. The number of nitrogens with zero attached hydrogens (tertiary/aromatic N) is 1. The minimum atomic E-state index is -3.97. The number of carbonyl (C=O) groups excluding carboxylic acids is 1. The molecular formula is C55H103N2O9P. The number of esters is 1. The van der Waals surface area contributed by atoms with E-state index in [-0.39, 0.29) is 26.2 Å². The van der Waals surface area contributed by atoms with Crippen LogP contribution in [0.2, 0.25) is 0 Å². The maximum atomic E-state index is 14.0. The standard InChI is InChI=1S/C55H103N2O9P/c1-4-6-8-10-12-14-16-18-20-22-24-26-28-30-32-34-36-38-40-42-46-62-67(61,64-49-52-51(65-50(3)58)48-54(66-52)57-45-44-53(59)56-55(57)60)63-47-43-41-39-37-35-33-31-29-27-25-23-21-19-17-15-13-11-9-7-5-2/h44-45,51-52,54H,4-43,46-49H2,1-3H3,(H,56,59,60)/t51-,52+,54+/m0/s1. The smallest absolute Gasteiger partial charge is 0.460 e. The van der Waals surface area contributed by atoms with Crippen molar-refractivity contribution < 1.29 is 32.4 Å². The highest BCUT2D eigenvalue weighted by Gasteiger charge is 2.41. The molecule has 0 unspecified atom stereocenters. The predicted molar refractivity (Wildman–Crippen MR) is 277 cm³/mol. The quantitative estimate of drug-likeness (QED) is 0.0385. The van der Waals surface area contributed by atoms with Crippen LogP contribution in [-0.2, 0) is 32.4 Å². The Morgan fingerprint density at radius 3 is 1.19 bits per heavy atom. The topological polar surface area (TPSA) is 135 Å². The van der Waals surface area contributed by atoms with E-state index >= 15 is 0 Å². The molecule has 2 rings (SSSR count). The van der Waals surface area contributed by atoms with Crippen LogP contribution in [0.15, 0.2) is 21.9 Å². The molecule has 1 saturated heterocycles. The summed E-state index contributed by atoms with van der Waals surface area (Å²) >= 11 is 0. The first-order valence-corrected chi connectivity index (χ1v) is 29.9. The van der Waals surface area contributed by atoms with E-state index in [2.05, 4.69) is 18.8 Å². The van der Waals surface area contributed by atoms with E-state index < -0.39 is 43.5 Å². The SMILES string of the molecule is CCCCCCCCCCCCCCCCCCCCCCOP(=O)(OCCCCCCCCCCCCCCCCCCCCCC)OC[C@H]1O[C@@H](n2ccc(=O)[nH]c2=O)C[C@@H]1OC(C)=O. The fourth-order valence-electron chi connectivity index (χ4n) is 9.36. The van der Waals surface area contributed by atoms with E-state index in [4.69, 9.17) is 23.0 Å². The molecule has 67 heavy (non-hydrogen) atoms. The van der Waals surface area contributed by atoms with Crippen molar-refractivity contribution in [2.24, 2.45) is 0 Å². The lowest BCUT2D eigenvalue weighted by molar-refractivity contribution is -0.150. The van der Waals surface area contributed by atoms with Crippen molar-refractivity contribution in [3.05, 3.63) is 33.1 Å². The van der Waals surface area contributed by atoms with Gasteiger partial charge in [-0.1, -0.05) is 258 Å². The van der Waals surface area contributed by atoms with E-state index in [1.54, 1.807) is 0 Å². The Balaban J connectivity index is 1.64. The van der Waals surface area contributed by atoms with E-state index in [1.165, 1.54) is 242 Å². The second-order valence-electron chi connectivity index (χ2n) is 19.9. The van der Waals surface area contributed by atoms with Crippen LogP contribution in [0.4, 0.5) is 0 Å². The van der Waals surface area contributed by atoms with Gasteiger partial charge in [-0.3, -0.25) is 32.7 Å². The lowest BCUT2D eigenvalue weighted by atomic mass is 10.0. The van der Waals surface area contributed by atoms with Gasteiger partial charge in [0.2, 0.25) is 0 Å². The van der Waals surface area contributed by atoms with Gasteiger partial charge in [0.25, 0.3) is 5.56 Å². The number of hydrogen-bond acceptors (Lipinski definition) is 9. The van der Waals surface area contributed by atoms with Gasteiger partial charge < -0.3 is 9.47 Å². The van der Waals surface area contributed by atoms with Gasteiger partial charge in [0.1, 0.15) is 18.4 Å². The first kappa shape index (κ1) is 61.3. The molecule has 0 spiro atoms. The summed E-state index contributed by atoms with van der Waals surface area (Å²) in [7, 11) is -3.97. The molecule has 1 N–H and O–H groups in total. The fraction of sp³-hybridized carbons (Fsp3) is 0.909. The summed E-state index contributed by atoms with van der Waals surface area (Å²) in [5, 5.41) is 0. The van der Waals surface area contributed by atoms with Crippen molar-refractivity contribution in [2.45, 2.75) is 302 Å². The second kappa shape index (κ2) is 43.0. The van der Waals surface area contributed by atoms with Crippen LogP contribution in [-0.4, -0.2) is 47.5 Å². The summed E-state index contributed by atoms with van der Waals surface area (Å²) in [6.45, 7) is 6.15. The van der Waals surface area contributed by atoms with Crippen LogP contribution in [0, 0.1) is 0 Å². The molecule has 3 atom stereocenters. The molecule has 2 heterocycles. The van der Waals surface area contributed by atoms with E-state index in [1.807, 2.05) is 0 Å². The van der Waals surface area contributed by atoms with Crippen LogP contribution in [0.1, 0.15) is 290 Å². The third-order valence-corrected chi connectivity index (χ3v) is 15.0. The maximum Gasteiger partial charge on any atom is 0.474 e. The Hall–Kier alpha value is -1.78. The molecule has 11 nitrogen and oxygen atoms in total. The fourth-order valence-corrected chi connectivity index (χ4v) is 10.6. The number of hydrogen-bond donors (Lipinski definition) is 1. The van der Waals surface area contributed by atoms with Gasteiger partial charge in [0.15, 0.2) is 0 Å². The number of aromatic amines is 1. The Morgan fingerprint density at radius 2 is 0.881 bits per heavy atom. The zero-order chi connectivity index (χ0) is 48.3. The van der Waals surface area contributed by atoms with Gasteiger partial charge >= 0.3 is 19.5 Å². The van der Waals surface area contributed by atoms with Crippen LogP contribution in [0.3, 0.4) is 0 Å². The predicted octanol–water partition coefficient (Wildman–Crippen LogP) is 16.6. The molecule has 1 aliphatic heterocycles. The molecule has 0 aliphatic carbocycles. The van der Waals surface area contributed by atoms with Crippen molar-refractivity contribution in [3.8, 4) is 0 Å². The van der Waals surface area contributed by atoms with Crippen molar-refractivity contribution in [3.63, 3.8) is 0 Å². The van der Waals surface area contributed by atoms with Crippen LogP contribution in [0.5, 0.6) is 0 Å². The average Bonchev–Trinajstić information content (AvgIpc) is 3.70. The number of unbranched alkanes of at least 4 members (excludes halogenated alkanes) is 38. The van der Waals surface area contributed by atoms with Gasteiger partial charge in [-0.15, -0.1) is 0 Å². The van der Waals surface area contributed by atoms with E-state index in [9.17, 15) is 18.9 Å². The Bertz CT molecular complexity index is 1400. The Morgan fingerprint density at radius 1 is 0.552 bits per heavy atom. The number of phosphoric acid groups is 1. The van der Waals surface area contributed by atoms with Gasteiger partial charge in [-0.25, -0.2) is 9.36 Å². The van der Waals surface area contributed by atoms with Crippen molar-refractivity contribution in [1.82, 2.24) is 9.55 Å². The number of H-pyrrole nitrogens is 1. The van der Waals surface area contributed by atoms with Crippen molar-refractivity contribution in [2.75, 3.05) is 19.8 Å². The van der Waals surface area contributed by atoms with Crippen LogP contribution < -0.4 is 11.2 Å². The number of ether oxygens (including phenoxy) is 2. The summed E-state index contributed by atoms with van der Waals surface area (Å²) < 4.78 is 44.5. The van der Waals surface area contributed by atoms with Gasteiger partial charge in [0.05, 0.1) is 19.8 Å². The molecular weight excluding hydrogens is 864 g/mol. The molecule has 12 heteroatoms. The Labute approximate surface area is 409 Å². The molecule has 1 aliphatic rings. The Kier molecular flexibility index (Phi) is 39.4. The van der Waals surface area contributed by atoms with Gasteiger partial charge in [-0.05, 0) is 12.8 Å². The highest BCUT2D eigenvalue weighted by Crippen LogP contribution is 2.50. The minimum Gasteiger partial charge on any atom is -0.460 e. The van der Waals surface area contributed by atoms with E-state index in [0.29, 0.717) is 0 Å². The van der Waals surface area contributed by atoms with Crippen molar-refractivity contribution in [1.29, 1.82) is 0 Å². The lowest BCUT2D eigenvalue weighted by Gasteiger charge is -2.22. The third-order valence-electron chi connectivity index (χ3n) is 13.6. The van der Waals surface area contributed by atoms with Crippen molar-refractivity contribution >= 4 is 13.8 Å². The summed E-state index contributed by atoms with van der Waals surface area (Å²) in [5.74, 6) is -0.511. The summed E-state index contributed by atoms with van der Waals surface area (Å²) in [6.07, 6.45) is 51.2. The zero-order valence-corrected chi connectivity index (χ0v) is 44.5. The number of phosphoric ester groups is 1. The molecule has 1 aromatic heterocycles. The monoisotopic (exact) mass is 967 g/mol. The van der Waals surface area contributed by atoms with Gasteiger partial charge in [0, 0.05) is 25.6 Å². The zero-order valence-electron chi connectivity index (χ0n) is 43.6. The lowest BCUT2D eigenvalue weighted by Crippen LogP contribution is -2.32. The second-order valence-corrected chi connectivity index (χ2v) is 21.5. The molecule has 0 amide bonds. The molecule has 0 radical (unpaired) electrons. The molecule has 1 aromatic rings. The number of rotatable bonds is 49.